The number of allylic oxidation sites excluding steroid dienone is 4. The Labute approximate surface area is 120 Å². The van der Waals surface area contributed by atoms with Gasteiger partial charge in [-0.05, 0) is 43.9 Å². The van der Waals surface area contributed by atoms with Crippen LogP contribution in [0.1, 0.15) is 67.7 Å². The predicted octanol–water partition coefficient (Wildman–Crippen LogP) is 6.03. The standard InChI is InChI=1S/C18H33N/c1-9-10-11-16(19-8)18(6,7)14-17(4,5)13-12-15(2)3/h9-11,15H,8,12-14H2,1-7H3/b10-9-,16-11-. The Balaban J connectivity index is 4.86. The fourth-order valence-corrected chi connectivity index (χ4v) is 2.73. The first-order valence-electron chi connectivity index (χ1n) is 7.45. The summed E-state index contributed by atoms with van der Waals surface area (Å²) >= 11 is 0. The Bertz CT molecular complexity index is 330. The molecule has 0 aromatic heterocycles. The summed E-state index contributed by atoms with van der Waals surface area (Å²) in [5, 5.41) is 0. The van der Waals surface area contributed by atoms with Crippen molar-refractivity contribution in [3.05, 3.63) is 23.9 Å². The Morgan fingerprint density at radius 3 is 2.21 bits per heavy atom. The van der Waals surface area contributed by atoms with Crippen LogP contribution in [0.2, 0.25) is 0 Å². The maximum Gasteiger partial charge on any atom is 0.0452 e. The predicted molar refractivity (Wildman–Crippen MR) is 88.7 cm³/mol. The van der Waals surface area contributed by atoms with Crippen LogP contribution in [-0.2, 0) is 0 Å². The van der Waals surface area contributed by atoms with E-state index in [2.05, 4.69) is 59.3 Å². The molecule has 0 N–H and O–H groups in total. The second kappa shape index (κ2) is 7.67. The van der Waals surface area contributed by atoms with Gasteiger partial charge in [0.1, 0.15) is 0 Å². The monoisotopic (exact) mass is 263 g/mol. The van der Waals surface area contributed by atoms with Crippen LogP contribution in [0.4, 0.5) is 0 Å². The van der Waals surface area contributed by atoms with Crippen molar-refractivity contribution >= 4 is 6.72 Å². The van der Waals surface area contributed by atoms with E-state index in [4.69, 9.17) is 0 Å². The molecule has 19 heavy (non-hydrogen) atoms. The molecule has 0 amide bonds. The zero-order chi connectivity index (χ0) is 15.1. The summed E-state index contributed by atoms with van der Waals surface area (Å²) in [5.41, 5.74) is 1.50. The van der Waals surface area contributed by atoms with Crippen LogP contribution in [0, 0.1) is 16.7 Å². The Morgan fingerprint density at radius 2 is 1.79 bits per heavy atom. The van der Waals surface area contributed by atoms with Gasteiger partial charge in [-0.2, -0.15) is 0 Å². The van der Waals surface area contributed by atoms with Crippen LogP contribution in [0.5, 0.6) is 0 Å². The summed E-state index contributed by atoms with van der Waals surface area (Å²) in [7, 11) is 0. The van der Waals surface area contributed by atoms with E-state index in [0.717, 1.165) is 18.0 Å². The van der Waals surface area contributed by atoms with E-state index in [1.807, 2.05) is 19.1 Å². The highest BCUT2D eigenvalue weighted by Crippen LogP contribution is 2.42. The van der Waals surface area contributed by atoms with Crippen LogP contribution < -0.4 is 0 Å². The van der Waals surface area contributed by atoms with E-state index in [1.54, 1.807) is 0 Å². The van der Waals surface area contributed by atoms with Crippen molar-refractivity contribution in [1.82, 2.24) is 0 Å². The molecule has 0 fully saturated rings. The number of nitrogens with zero attached hydrogens (tertiary/aromatic N) is 1. The molecule has 0 heterocycles. The Kier molecular flexibility index (Phi) is 7.33. The molecule has 0 atom stereocenters. The van der Waals surface area contributed by atoms with Crippen LogP contribution in [0.15, 0.2) is 28.9 Å². The van der Waals surface area contributed by atoms with Gasteiger partial charge in [-0.15, -0.1) is 0 Å². The van der Waals surface area contributed by atoms with Gasteiger partial charge in [0.15, 0.2) is 0 Å². The largest absolute Gasteiger partial charge is 0.269 e. The van der Waals surface area contributed by atoms with E-state index >= 15 is 0 Å². The molecule has 0 bridgehead atoms. The van der Waals surface area contributed by atoms with Gasteiger partial charge in [0.05, 0.1) is 0 Å². The molecule has 0 saturated carbocycles. The maximum atomic E-state index is 4.24. The van der Waals surface area contributed by atoms with Crippen molar-refractivity contribution in [2.45, 2.75) is 67.7 Å². The van der Waals surface area contributed by atoms with Crippen molar-refractivity contribution in [2.24, 2.45) is 21.7 Å². The fourth-order valence-electron chi connectivity index (χ4n) is 2.73. The molecule has 110 valence electrons. The first kappa shape index (κ1) is 18.1. The quantitative estimate of drug-likeness (QED) is 0.375. The lowest BCUT2D eigenvalue weighted by Gasteiger charge is -2.35. The summed E-state index contributed by atoms with van der Waals surface area (Å²) in [5.74, 6) is 0.776. The molecule has 0 aromatic carbocycles. The Hall–Kier alpha value is -0.850. The summed E-state index contributed by atoms with van der Waals surface area (Å²) < 4.78 is 0. The lowest BCUT2D eigenvalue weighted by molar-refractivity contribution is 0.199. The third-order valence-corrected chi connectivity index (χ3v) is 3.63. The molecular formula is C18H33N. The normalized spacial score (nSPS) is 14.4. The van der Waals surface area contributed by atoms with E-state index in [1.165, 1.54) is 12.8 Å². The first-order chi connectivity index (χ1) is 8.64. The van der Waals surface area contributed by atoms with Gasteiger partial charge in [-0.1, -0.05) is 60.1 Å². The second-order valence-electron chi connectivity index (χ2n) is 7.39. The van der Waals surface area contributed by atoms with Crippen LogP contribution >= 0.6 is 0 Å². The minimum atomic E-state index is 0.0712. The molecule has 0 saturated heterocycles. The van der Waals surface area contributed by atoms with Crippen molar-refractivity contribution in [2.75, 3.05) is 0 Å². The maximum absolute atomic E-state index is 4.24. The number of hydrogen-bond acceptors (Lipinski definition) is 1. The highest BCUT2D eigenvalue weighted by Gasteiger charge is 2.31. The average Bonchev–Trinajstić information content (AvgIpc) is 2.26. The van der Waals surface area contributed by atoms with E-state index in [-0.39, 0.29) is 5.41 Å². The topological polar surface area (TPSA) is 12.4 Å². The van der Waals surface area contributed by atoms with Crippen LogP contribution in [0.25, 0.3) is 0 Å². The van der Waals surface area contributed by atoms with E-state index in [0.29, 0.717) is 5.41 Å². The van der Waals surface area contributed by atoms with Crippen molar-refractivity contribution in [3.8, 4) is 0 Å². The van der Waals surface area contributed by atoms with Gasteiger partial charge in [0.2, 0.25) is 0 Å². The number of hydrogen-bond donors (Lipinski definition) is 0. The lowest BCUT2D eigenvalue weighted by atomic mass is 9.70. The summed E-state index contributed by atoms with van der Waals surface area (Å²) in [6.07, 6.45) is 9.86. The summed E-state index contributed by atoms with van der Waals surface area (Å²) in [6, 6.07) is 0. The molecule has 0 aliphatic rings. The smallest absolute Gasteiger partial charge is 0.0452 e. The molecule has 0 radical (unpaired) electrons. The summed E-state index contributed by atoms with van der Waals surface area (Å²) in [4.78, 5) is 4.24. The third kappa shape index (κ3) is 7.34. The minimum absolute atomic E-state index is 0.0712. The zero-order valence-electron chi connectivity index (χ0n) is 14.1. The van der Waals surface area contributed by atoms with Gasteiger partial charge in [0, 0.05) is 11.1 Å². The van der Waals surface area contributed by atoms with Gasteiger partial charge < -0.3 is 0 Å². The van der Waals surface area contributed by atoms with Gasteiger partial charge in [-0.3, -0.25) is 4.99 Å². The van der Waals surface area contributed by atoms with Crippen molar-refractivity contribution in [3.63, 3.8) is 0 Å². The number of aliphatic imine (C=N–C) groups is 1. The lowest BCUT2D eigenvalue weighted by Crippen LogP contribution is -2.25. The number of rotatable bonds is 8. The Morgan fingerprint density at radius 1 is 1.21 bits per heavy atom. The van der Waals surface area contributed by atoms with Gasteiger partial charge >= 0.3 is 0 Å². The van der Waals surface area contributed by atoms with E-state index < -0.39 is 0 Å². The molecule has 1 heteroatoms. The molecule has 0 aromatic rings. The highest BCUT2D eigenvalue weighted by molar-refractivity contribution is 5.32. The molecule has 0 spiro atoms. The van der Waals surface area contributed by atoms with E-state index in [9.17, 15) is 0 Å². The summed E-state index contributed by atoms with van der Waals surface area (Å²) in [6.45, 7) is 19.6. The zero-order valence-corrected chi connectivity index (χ0v) is 14.1. The molecular weight excluding hydrogens is 230 g/mol. The van der Waals surface area contributed by atoms with Crippen molar-refractivity contribution in [1.29, 1.82) is 0 Å². The first-order valence-corrected chi connectivity index (χ1v) is 7.45. The highest BCUT2D eigenvalue weighted by atomic mass is 14.7. The second-order valence-corrected chi connectivity index (χ2v) is 7.39. The minimum Gasteiger partial charge on any atom is -0.269 e. The molecule has 0 rings (SSSR count). The SMILES string of the molecule is C=N/C(=C\C=C/C)C(C)(C)CC(C)(C)CCC(C)C. The molecule has 0 aliphatic carbocycles. The van der Waals surface area contributed by atoms with Crippen LogP contribution in [0.3, 0.4) is 0 Å². The van der Waals surface area contributed by atoms with Crippen LogP contribution in [-0.4, -0.2) is 6.72 Å². The fraction of sp³-hybridized carbons (Fsp3) is 0.722. The third-order valence-electron chi connectivity index (χ3n) is 3.63. The molecule has 0 unspecified atom stereocenters. The molecule has 1 nitrogen and oxygen atoms in total. The van der Waals surface area contributed by atoms with Crippen molar-refractivity contribution < 1.29 is 0 Å². The molecule has 0 aliphatic heterocycles. The van der Waals surface area contributed by atoms with Gasteiger partial charge in [-0.25, -0.2) is 0 Å². The average molecular weight is 263 g/mol. The van der Waals surface area contributed by atoms with Gasteiger partial charge in [0.25, 0.3) is 0 Å².